The molecule has 0 heteroatoms. The Bertz CT molecular complexity index is 236. The highest BCUT2D eigenvalue weighted by Crippen LogP contribution is 2.66. The van der Waals surface area contributed by atoms with Gasteiger partial charge in [-0.3, -0.25) is 0 Å². The van der Waals surface area contributed by atoms with Crippen molar-refractivity contribution in [1.29, 1.82) is 0 Å². The monoisotopic (exact) mass is 164 g/mol. The first kappa shape index (κ1) is 8.34. The molecule has 0 aromatic rings. The zero-order valence-electron chi connectivity index (χ0n) is 8.89. The van der Waals surface area contributed by atoms with Crippen LogP contribution in [0.4, 0.5) is 0 Å². The summed E-state index contributed by atoms with van der Waals surface area (Å²) in [4.78, 5) is 0. The van der Waals surface area contributed by atoms with Gasteiger partial charge < -0.3 is 0 Å². The van der Waals surface area contributed by atoms with Crippen molar-refractivity contribution in [1.82, 2.24) is 0 Å². The molecule has 1 saturated carbocycles. The molecule has 0 aromatic heterocycles. The van der Waals surface area contributed by atoms with E-state index in [9.17, 15) is 0 Å². The minimum Gasteiger partial charge on any atom is -0.0840 e. The molecule has 2 aliphatic rings. The molecule has 4 atom stereocenters. The molecule has 2 bridgehead atoms. The van der Waals surface area contributed by atoms with Crippen LogP contribution in [-0.2, 0) is 0 Å². The maximum absolute atomic E-state index is 2.46. The third-order valence-corrected chi connectivity index (χ3v) is 5.17. The van der Waals surface area contributed by atoms with E-state index >= 15 is 0 Å². The molecule has 2 aliphatic carbocycles. The lowest BCUT2D eigenvalue weighted by molar-refractivity contribution is 0.149. The highest BCUT2D eigenvalue weighted by Gasteiger charge is 2.60. The van der Waals surface area contributed by atoms with Gasteiger partial charge in [-0.25, -0.2) is 0 Å². The number of hydrogen-bond acceptors (Lipinski definition) is 0. The lowest BCUT2D eigenvalue weighted by Gasteiger charge is -2.37. The fraction of sp³-hybridized carbons (Fsp3) is 0.833. The van der Waals surface area contributed by atoms with E-state index in [1.165, 1.54) is 0 Å². The number of rotatable bonds is 0. The first-order valence-electron chi connectivity index (χ1n) is 5.10. The molecule has 4 unspecified atom stereocenters. The molecule has 0 N–H and O–H groups in total. The van der Waals surface area contributed by atoms with Crippen LogP contribution in [0.2, 0.25) is 0 Å². The van der Waals surface area contributed by atoms with Crippen molar-refractivity contribution in [3.8, 4) is 0 Å². The topological polar surface area (TPSA) is 0 Å². The fourth-order valence-corrected chi connectivity index (χ4v) is 3.55. The molecular weight excluding hydrogens is 144 g/mol. The third-order valence-electron chi connectivity index (χ3n) is 5.17. The molecule has 0 heterocycles. The van der Waals surface area contributed by atoms with Crippen LogP contribution >= 0.6 is 0 Å². The molecule has 0 nitrogen and oxygen atoms in total. The van der Waals surface area contributed by atoms with E-state index in [-0.39, 0.29) is 0 Å². The van der Waals surface area contributed by atoms with Gasteiger partial charge in [-0.2, -0.15) is 0 Å². The van der Waals surface area contributed by atoms with Crippen LogP contribution in [0.15, 0.2) is 12.2 Å². The minimum absolute atomic E-state index is 0.455. The second-order valence-electron chi connectivity index (χ2n) is 5.54. The Morgan fingerprint density at radius 2 is 1.67 bits per heavy atom. The predicted octanol–water partition coefficient (Wildman–Crippen LogP) is 3.49. The van der Waals surface area contributed by atoms with E-state index in [2.05, 4.69) is 46.8 Å². The van der Waals surface area contributed by atoms with Gasteiger partial charge in [0.25, 0.3) is 0 Å². The summed E-state index contributed by atoms with van der Waals surface area (Å²) in [5.41, 5.74) is 0.947. The quantitative estimate of drug-likeness (QED) is 0.481. The van der Waals surface area contributed by atoms with Gasteiger partial charge in [0.2, 0.25) is 0 Å². The van der Waals surface area contributed by atoms with E-state index in [0.717, 1.165) is 17.8 Å². The van der Waals surface area contributed by atoms with Crippen LogP contribution in [0.5, 0.6) is 0 Å². The first-order valence-corrected chi connectivity index (χ1v) is 5.10. The second-order valence-corrected chi connectivity index (χ2v) is 5.54. The van der Waals surface area contributed by atoms with Gasteiger partial charge in [0.1, 0.15) is 0 Å². The van der Waals surface area contributed by atoms with Gasteiger partial charge in [0.15, 0.2) is 0 Å². The van der Waals surface area contributed by atoms with Crippen molar-refractivity contribution in [3.05, 3.63) is 12.2 Å². The zero-order valence-corrected chi connectivity index (χ0v) is 8.89. The number of fused-ring (bicyclic) bond motifs is 2. The summed E-state index contributed by atoms with van der Waals surface area (Å²) in [6.45, 7) is 12.1. The average Bonchev–Trinajstić information content (AvgIpc) is 2.26. The molecule has 0 amide bonds. The lowest BCUT2D eigenvalue weighted by Crippen LogP contribution is -2.30. The van der Waals surface area contributed by atoms with Crippen LogP contribution in [0.1, 0.15) is 34.6 Å². The van der Waals surface area contributed by atoms with Crippen molar-refractivity contribution >= 4 is 0 Å². The Morgan fingerprint density at radius 1 is 1.08 bits per heavy atom. The van der Waals surface area contributed by atoms with Crippen LogP contribution in [0.25, 0.3) is 0 Å². The van der Waals surface area contributed by atoms with Crippen LogP contribution < -0.4 is 0 Å². The summed E-state index contributed by atoms with van der Waals surface area (Å²) in [7, 11) is 0. The Balaban J connectivity index is 2.50. The maximum Gasteiger partial charge on any atom is -0.00612 e. The first-order chi connectivity index (χ1) is 5.41. The summed E-state index contributed by atoms with van der Waals surface area (Å²) >= 11 is 0. The van der Waals surface area contributed by atoms with E-state index in [0.29, 0.717) is 10.8 Å². The van der Waals surface area contributed by atoms with Gasteiger partial charge >= 0.3 is 0 Å². The van der Waals surface area contributed by atoms with Gasteiger partial charge in [-0.1, -0.05) is 46.8 Å². The Hall–Kier alpha value is -0.260. The van der Waals surface area contributed by atoms with Crippen molar-refractivity contribution < 1.29 is 0 Å². The number of allylic oxidation sites excluding steroid dienone is 2. The van der Waals surface area contributed by atoms with Gasteiger partial charge in [0.05, 0.1) is 0 Å². The molecule has 0 aliphatic heterocycles. The largest absolute Gasteiger partial charge is 0.0840 e. The molecular formula is C12H20. The molecule has 0 saturated heterocycles. The predicted molar refractivity (Wildman–Crippen MR) is 52.8 cm³/mol. The summed E-state index contributed by atoms with van der Waals surface area (Å²) in [5.74, 6) is 2.54. The van der Waals surface area contributed by atoms with E-state index < -0.39 is 0 Å². The van der Waals surface area contributed by atoms with Gasteiger partial charge in [0, 0.05) is 0 Å². The normalized spacial score (nSPS) is 54.9. The fourth-order valence-electron chi connectivity index (χ4n) is 3.55. The maximum atomic E-state index is 2.46. The van der Waals surface area contributed by atoms with Crippen LogP contribution in [0, 0.1) is 28.6 Å². The van der Waals surface area contributed by atoms with Gasteiger partial charge in [-0.15, -0.1) is 0 Å². The van der Waals surface area contributed by atoms with Crippen LogP contribution in [0.3, 0.4) is 0 Å². The summed E-state index contributed by atoms with van der Waals surface area (Å²) in [6.07, 6.45) is 4.91. The smallest absolute Gasteiger partial charge is 0.00612 e. The molecule has 2 rings (SSSR count). The zero-order chi connectivity index (χ0) is 9.15. The van der Waals surface area contributed by atoms with E-state index in [1.807, 2.05) is 0 Å². The van der Waals surface area contributed by atoms with E-state index in [4.69, 9.17) is 0 Å². The van der Waals surface area contributed by atoms with Crippen molar-refractivity contribution in [2.45, 2.75) is 34.6 Å². The summed E-state index contributed by atoms with van der Waals surface area (Å²) in [5, 5.41) is 0. The average molecular weight is 164 g/mol. The highest BCUT2D eigenvalue weighted by molar-refractivity contribution is 5.26. The van der Waals surface area contributed by atoms with Gasteiger partial charge in [-0.05, 0) is 28.6 Å². The van der Waals surface area contributed by atoms with Crippen molar-refractivity contribution in [2.24, 2.45) is 28.6 Å². The highest BCUT2D eigenvalue weighted by atomic mass is 14.6. The minimum atomic E-state index is 0.455. The molecule has 1 fully saturated rings. The van der Waals surface area contributed by atoms with Crippen LogP contribution in [-0.4, -0.2) is 0 Å². The summed E-state index contributed by atoms with van der Waals surface area (Å²) < 4.78 is 0. The third kappa shape index (κ3) is 0.616. The lowest BCUT2D eigenvalue weighted by atomic mass is 9.67. The Labute approximate surface area is 76.1 Å². The van der Waals surface area contributed by atoms with Crippen molar-refractivity contribution in [2.75, 3.05) is 0 Å². The SMILES string of the molecule is CC1C2C=CC(C)(C1C)C2(C)C. The standard InChI is InChI=1S/C12H20/c1-8-9(2)12(5)7-6-10(8)11(12,3)4/h6-10H,1-5H3. The molecule has 0 radical (unpaired) electrons. The Morgan fingerprint density at radius 3 is 1.92 bits per heavy atom. The molecule has 0 spiro atoms. The van der Waals surface area contributed by atoms with E-state index in [1.54, 1.807) is 0 Å². The number of hydrogen-bond donors (Lipinski definition) is 0. The molecule has 68 valence electrons. The van der Waals surface area contributed by atoms with Crippen molar-refractivity contribution in [3.63, 3.8) is 0 Å². The second kappa shape index (κ2) is 1.97. The Kier molecular flexibility index (Phi) is 1.37. The summed E-state index contributed by atoms with van der Waals surface area (Å²) in [6, 6.07) is 0. The molecule has 12 heavy (non-hydrogen) atoms. The molecule has 0 aromatic carbocycles.